The Bertz CT molecular complexity index is 1000. The summed E-state index contributed by atoms with van der Waals surface area (Å²) < 4.78 is 18.0. The standard InChI is InChI=1S/C21H22ClN3O4/c1-14-7-8-16(22)18(11-14)29-13-20(26)24-19-9-10-23-25(19)12-15-5-4-6-17(27-2)21(15)28-3/h4-11H,12-13H2,1-3H3,(H,24,26). The Kier molecular flexibility index (Phi) is 6.61. The maximum absolute atomic E-state index is 12.3. The fourth-order valence-corrected chi connectivity index (χ4v) is 3.02. The van der Waals surface area contributed by atoms with Crippen molar-refractivity contribution in [2.45, 2.75) is 13.5 Å². The molecule has 1 N–H and O–H groups in total. The quantitative estimate of drug-likeness (QED) is 0.603. The molecule has 3 rings (SSSR count). The van der Waals surface area contributed by atoms with Gasteiger partial charge in [0.1, 0.15) is 11.6 Å². The number of nitrogens with one attached hydrogen (secondary N) is 1. The van der Waals surface area contributed by atoms with Crippen molar-refractivity contribution in [1.29, 1.82) is 0 Å². The first-order valence-corrected chi connectivity index (χ1v) is 9.30. The molecule has 0 bridgehead atoms. The predicted molar refractivity (Wildman–Crippen MR) is 111 cm³/mol. The van der Waals surface area contributed by atoms with Crippen molar-refractivity contribution in [3.8, 4) is 17.2 Å². The van der Waals surface area contributed by atoms with Crippen LogP contribution in [0.5, 0.6) is 17.2 Å². The predicted octanol–water partition coefficient (Wildman–Crippen LogP) is 3.93. The molecule has 0 saturated heterocycles. The Morgan fingerprint density at radius 3 is 2.72 bits per heavy atom. The molecule has 7 nitrogen and oxygen atoms in total. The average Bonchev–Trinajstić information content (AvgIpc) is 3.14. The normalized spacial score (nSPS) is 10.5. The first kappa shape index (κ1) is 20.5. The second-order valence-electron chi connectivity index (χ2n) is 6.30. The van der Waals surface area contributed by atoms with Gasteiger partial charge in [-0.2, -0.15) is 5.10 Å². The molecule has 1 aromatic heterocycles. The molecule has 152 valence electrons. The number of aryl methyl sites for hydroxylation is 1. The van der Waals surface area contributed by atoms with Gasteiger partial charge in [0.2, 0.25) is 0 Å². The number of carbonyl (C=O) groups excluding carboxylic acids is 1. The van der Waals surface area contributed by atoms with Gasteiger partial charge >= 0.3 is 0 Å². The van der Waals surface area contributed by atoms with Crippen LogP contribution in [0.3, 0.4) is 0 Å². The Labute approximate surface area is 174 Å². The van der Waals surface area contributed by atoms with E-state index in [1.54, 1.807) is 43.3 Å². The third kappa shape index (κ3) is 5.00. The molecule has 0 radical (unpaired) electrons. The number of benzene rings is 2. The average molecular weight is 416 g/mol. The molecule has 0 fully saturated rings. The third-order valence-corrected chi connectivity index (χ3v) is 4.55. The monoisotopic (exact) mass is 415 g/mol. The number of ether oxygens (including phenoxy) is 3. The highest BCUT2D eigenvalue weighted by Crippen LogP contribution is 2.31. The summed E-state index contributed by atoms with van der Waals surface area (Å²) in [6, 6.07) is 12.7. The van der Waals surface area contributed by atoms with Gasteiger partial charge in [0.05, 0.1) is 32.0 Å². The summed E-state index contributed by atoms with van der Waals surface area (Å²) in [7, 11) is 3.17. The minimum Gasteiger partial charge on any atom is -0.493 e. The first-order valence-electron chi connectivity index (χ1n) is 8.92. The number of halogens is 1. The largest absolute Gasteiger partial charge is 0.493 e. The van der Waals surface area contributed by atoms with Crippen LogP contribution in [0.2, 0.25) is 5.02 Å². The van der Waals surface area contributed by atoms with E-state index in [1.807, 2.05) is 31.2 Å². The Hall–Kier alpha value is -3.19. The molecule has 8 heteroatoms. The number of anilines is 1. The van der Waals surface area contributed by atoms with E-state index < -0.39 is 0 Å². The number of hydrogen-bond donors (Lipinski definition) is 1. The molecule has 2 aromatic carbocycles. The summed E-state index contributed by atoms with van der Waals surface area (Å²) in [5.41, 5.74) is 1.86. The lowest BCUT2D eigenvalue weighted by Gasteiger charge is -2.14. The Morgan fingerprint density at radius 1 is 1.14 bits per heavy atom. The van der Waals surface area contributed by atoms with Gasteiger partial charge in [0.15, 0.2) is 18.1 Å². The summed E-state index contributed by atoms with van der Waals surface area (Å²) in [5.74, 6) is 1.95. The number of aromatic nitrogens is 2. The second-order valence-corrected chi connectivity index (χ2v) is 6.70. The molecule has 0 atom stereocenters. The highest BCUT2D eigenvalue weighted by Gasteiger charge is 2.14. The first-order chi connectivity index (χ1) is 14.0. The number of nitrogens with zero attached hydrogens (tertiary/aromatic N) is 2. The fraction of sp³-hybridized carbons (Fsp3) is 0.238. The number of para-hydroxylation sites is 1. The summed E-state index contributed by atoms with van der Waals surface area (Å²) in [6.45, 7) is 2.15. The van der Waals surface area contributed by atoms with E-state index in [4.69, 9.17) is 25.8 Å². The van der Waals surface area contributed by atoms with Gasteiger partial charge < -0.3 is 19.5 Å². The molecule has 3 aromatic rings. The Balaban J connectivity index is 1.68. The summed E-state index contributed by atoms with van der Waals surface area (Å²) in [6.07, 6.45) is 1.61. The van der Waals surface area contributed by atoms with Crippen LogP contribution in [-0.2, 0) is 11.3 Å². The lowest BCUT2D eigenvalue weighted by atomic mass is 10.2. The smallest absolute Gasteiger partial charge is 0.263 e. The van der Waals surface area contributed by atoms with Crippen molar-refractivity contribution in [3.63, 3.8) is 0 Å². The number of hydrogen-bond acceptors (Lipinski definition) is 5. The van der Waals surface area contributed by atoms with E-state index in [1.165, 1.54) is 0 Å². The zero-order valence-electron chi connectivity index (χ0n) is 16.4. The minimum absolute atomic E-state index is 0.170. The van der Waals surface area contributed by atoms with E-state index in [0.717, 1.165) is 11.1 Å². The van der Waals surface area contributed by atoms with E-state index in [-0.39, 0.29) is 12.5 Å². The summed E-state index contributed by atoms with van der Waals surface area (Å²) in [5, 5.41) is 7.54. The van der Waals surface area contributed by atoms with Crippen LogP contribution in [0.4, 0.5) is 5.82 Å². The van der Waals surface area contributed by atoms with Crippen molar-refractivity contribution < 1.29 is 19.0 Å². The lowest BCUT2D eigenvalue weighted by molar-refractivity contribution is -0.118. The van der Waals surface area contributed by atoms with Crippen LogP contribution in [-0.4, -0.2) is 36.5 Å². The molecule has 1 amide bonds. The second kappa shape index (κ2) is 9.34. The highest BCUT2D eigenvalue weighted by atomic mass is 35.5. The highest BCUT2D eigenvalue weighted by molar-refractivity contribution is 6.32. The van der Waals surface area contributed by atoms with Crippen LogP contribution in [0, 0.1) is 6.92 Å². The van der Waals surface area contributed by atoms with Gasteiger partial charge in [-0.05, 0) is 30.7 Å². The summed E-state index contributed by atoms with van der Waals surface area (Å²) in [4.78, 5) is 12.3. The molecular weight excluding hydrogens is 394 g/mol. The van der Waals surface area contributed by atoms with Gasteiger partial charge in [0, 0.05) is 11.6 Å². The van der Waals surface area contributed by atoms with Gasteiger partial charge in [-0.1, -0.05) is 29.8 Å². The van der Waals surface area contributed by atoms with Crippen LogP contribution >= 0.6 is 11.6 Å². The number of rotatable bonds is 8. The van der Waals surface area contributed by atoms with Gasteiger partial charge in [0.25, 0.3) is 5.91 Å². The molecule has 0 aliphatic rings. The SMILES string of the molecule is COc1cccc(Cn2nccc2NC(=O)COc2cc(C)ccc2Cl)c1OC. The van der Waals surface area contributed by atoms with Crippen LogP contribution < -0.4 is 19.5 Å². The maximum Gasteiger partial charge on any atom is 0.263 e. The third-order valence-electron chi connectivity index (χ3n) is 4.23. The van der Waals surface area contributed by atoms with Gasteiger partial charge in [-0.25, -0.2) is 4.68 Å². The van der Waals surface area contributed by atoms with E-state index in [9.17, 15) is 4.79 Å². The van der Waals surface area contributed by atoms with Crippen molar-refractivity contribution in [1.82, 2.24) is 9.78 Å². The number of methoxy groups -OCH3 is 2. The van der Waals surface area contributed by atoms with Crippen molar-refractivity contribution in [2.75, 3.05) is 26.1 Å². The molecular formula is C21H22ClN3O4. The minimum atomic E-state index is -0.318. The molecule has 29 heavy (non-hydrogen) atoms. The van der Waals surface area contributed by atoms with E-state index >= 15 is 0 Å². The molecule has 0 aliphatic carbocycles. The molecule has 0 aliphatic heterocycles. The van der Waals surface area contributed by atoms with Crippen molar-refractivity contribution in [3.05, 3.63) is 64.8 Å². The van der Waals surface area contributed by atoms with Gasteiger partial charge in [-0.3, -0.25) is 4.79 Å². The lowest BCUT2D eigenvalue weighted by Crippen LogP contribution is -2.22. The number of amides is 1. The van der Waals surface area contributed by atoms with E-state index in [2.05, 4.69) is 10.4 Å². The van der Waals surface area contributed by atoms with Crippen LogP contribution in [0.15, 0.2) is 48.7 Å². The topological polar surface area (TPSA) is 74.6 Å². The maximum atomic E-state index is 12.3. The van der Waals surface area contributed by atoms with Crippen molar-refractivity contribution in [2.24, 2.45) is 0 Å². The van der Waals surface area contributed by atoms with Crippen molar-refractivity contribution >= 4 is 23.3 Å². The van der Waals surface area contributed by atoms with E-state index in [0.29, 0.717) is 34.6 Å². The Morgan fingerprint density at radius 2 is 1.97 bits per heavy atom. The molecule has 1 heterocycles. The zero-order valence-corrected chi connectivity index (χ0v) is 17.2. The van der Waals surface area contributed by atoms with Crippen LogP contribution in [0.1, 0.15) is 11.1 Å². The summed E-state index contributed by atoms with van der Waals surface area (Å²) >= 11 is 6.10. The zero-order chi connectivity index (χ0) is 20.8. The molecule has 0 unspecified atom stereocenters. The molecule has 0 spiro atoms. The molecule has 0 saturated carbocycles. The van der Waals surface area contributed by atoms with Crippen LogP contribution in [0.25, 0.3) is 0 Å². The fourth-order valence-electron chi connectivity index (χ4n) is 2.85. The van der Waals surface area contributed by atoms with Gasteiger partial charge in [-0.15, -0.1) is 0 Å². The number of carbonyl (C=O) groups is 1.